The van der Waals surface area contributed by atoms with Crippen molar-refractivity contribution in [2.24, 2.45) is 0 Å². The third kappa shape index (κ3) is 1.46. The molecule has 0 amide bonds. The predicted molar refractivity (Wildman–Crippen MR) is 46.2 cm³/mol. The molecule has 0 heterocycles. The molecule has 70 valence electrons. The highest BCUT2D eigenvalue weighted by Crippen LogP contribution is 2.39. The predicted octanol–water partition coefficient (Wildman–Crippen LogP) is 1.03. The van der Waals surface area contributed by atoms with E-state index in [1.807, 2.05) is 0 Å². The Balaban J connectivity index is 3.50. The molecule has 0 unspecified atom stereocenters. The Kier molecular flexibility index (Phi) is 2.20. The summed E-state index contributed by atoms with van der Waals surface area (Å²) in [6, 6.07) is 0.929. The van der Waals surface area contributed by atoms with Gasteiger partial charge in [0.25, 0.3) is 0 Å². The number of nitrogens with two attached hydrogens (primary N) is 1. The summed E-state index contributed by atoms with van der Waals surface area (Å²) in [6.45, 7) is 0. The maximum atomic E-state index is 10.5. The van der Waals surface area contributed by atoms with Gasteiger partial charge >= 0.3 is 5.97 Å². The molecule has 6 heteroatoms. The van der Waals surface area contributed by atoms with Crippen molar-refractivity contribution in [3.05, 3.63) is 16.7 Å². The Bertz CT molecular complexity index is 377. The SMILES string of the molecule is Nc1cc(C(=O)O)c(O)c(Cl)c1O. The van der Waals surface area contributed by atoms with Crippen molar-refractivity contribution in [1.29, 1.82) is 0 Å². The van der Waals surface area contributed by atoms with E-state index in [4.69, 9.17) is 32.7 Å². The first-order valence-electron chi connectivity index (χ1n) is 3.18. The van der Waals surface area contributed by atoms with Crippen LogP contribution in [0.2, 0.25) is 5.02 Å². The minimum absolute atomic E-state index is 0.194. The van der Waals surface area contributed by atoms with Crippen LogP contribution in [-0.2, 0) is 0 Å². The van der Waals surface area contributed by atoms with Gasteiger partial charge < -0.3 is 21.1 Å². The Morgan fingerprint density at radius 3 is 2.38 bits per heavy atom. The van der Waals surface area contributed by atoms with Gasteiger partial charge in [-0.25, -0.2) is 4.79 Å². The number of hydrogen-bond acceptors (Lipinski definition) is 4. The Morgan fingerprint density at radius 1 is 1.38 bits per heavy atom. The zero-order chi connectivity index (χ0) is 10.2. The van der Waals surface area contributed by atoms with Crippen molar-refractivity contribution in [3.8, 4) is 11.5 Å². The van der Waals surface area contributed by atoms with Crippen LogP contribution in [0.3, 0.4) is 0 Å². The number of anilines is 1. The standard InChI is InChI=1S/C7H6ClNO4/c8-4-5(10)2(7(12)13)1-3(9)6(4)11/h1,10-11H,9H2,(H,12,13). The summed E-state index contributed by atoms with van der Waals surface area (Å²) in [6.07, 6.45) is 0. The number of rotatable bonds is 1. The first kappa shape index (κ1) is 9.47. The first-order valence-corrected chi connectivity index (χ1v) is 3.56. The molecule has 0 bridgehead atoms. The molecule has 0 saturated carbocycles. The van der Waals surface area contributed by atoms with Gasteiger partial charge in [0, 0.05) is 0 Å². The average Bonchev–Trinajstić information content (AvgIpc) is 2.07. The van der Waals surface area contributed by atoms with Crippen molar-refractivity contribution in [1.82, 2.24) is 0 Å². The van der Waals surface area contributed by atoms with Crippen molar-refractivity contribution >= 4 is 23.3 Å². The maximum absolute atomic E-state index is 10.5. The van der Waals surface area contributed by atoms with Crippen LogP contribution in [0.5, 0.6) is 11.5 Å². The second-order valence-electron chi connectivity index (χ2n) is 2.33. The van der Waals surface area contributed by atoms with E-state index in [0.717, 1.165) is 6.07 Å². The third-order valence-electron chi connectivity index (χ3n) is 1.47. The molecule has 0 spiro atoms. The molecule has 13 heavy (non-hydrogen) atoms. The fraction of sp³-hybridized carbons (Fsp3) is 0. The number of carboxylic acid groups (broad SMARTS) is 1. The lowest BCUT2D eigenvalue weighted by Gasteiger charge is -2.06. The second-order valence-corrected chi connectivity index (χ2v) is 2.71. The lowest BCUT2D eigenvalue weighted by Crippen LogP contribution is -1.99. The van der Waals surface area contributed by atoms with E-state index in [-0.39, 0.29) is 5.69 Å². The van der Waals surface area contributed by atoms with Crippen LogP contribution >= 0.6 is 11.6 Å². The van der Waals surface area contributed by atoms with Gasteiger partial charge in [-0.1, -0.05) is 11.6 Å². The second kappa shape index (κ2) is 3.02. The van der Waals surface area contributed by atoms with E-state index >= 15 is 0 Å². The molecule has 1 aromatic carbocycles. The summed E-state index contributed by atoms with van der Waals surface area (Å²) in [5.41, 5.74) is 4.58. The highest BCUT2D eigenvalue weighted by atomic mass is 35.5. The number of carboxylic acids is 1. The molecule has 0 radical (unpaired) electrons. The Morgan fingerprint density at radius 2 is 1.92 bits per heavy atom. The molecule has 0 aliphatic heterocycles. The summed E-state index contributed by atoms with van der Waals surface area (Å²) < 4.78 is 0. The number of phenols is 2. The van der Waals surface area contributed by atoms with Crippen LogP contribution in [0.25, 0.3) is 0 Å². The molecule has 0 aliphatic carbocycles. The van der Waals surface area contributed by atoms with Gasteiger partial charge in [-0.05, 0) is 6.07 Å². The maximum Gasteiger partial charge on any atom is 0.339 e. The third-order valence-corrected chi connectivity index (χ3v) is 1.83. The molecule has 0 atom stereocenters. The fourth-order valence-electron chi connectivity index (χ4n) is 0.812. The topological polar surface area (TPSA) is 104 Å². The number of phenolic OH excluding ortho intramolecular Hbond substituents is 1. The van der Waals surface area contributed by atoms with E-state index in [1.165, 1.54) is 0 Å². The van der Waals surface area contributed by atoms with Gasteiger partial charge in [0.05, 0.1) is 5.69 Å². The molecule has 0 saturated heterocycles. The highest BCUT2D eigenvalue weighted by molar-refractivity contribution is 6.34. The number of nitrogen functional groups attached to an aromatic ring is 1. The van der Waals surface area contributed by atoms with Gasteiger partial charge in [-0.3, -0.25) is 0 Å². The molecule has 0 fully saturated rings. The molecule has 0 aliphatic rings. The quantitative estimate of drug-likeness (QED) is 0.310. The lowest BCUT2D eigenvalue weighted by molar-refractivity contribution is 0.0694. The smallest absolute Gasteiger partial charge is 0.339 e. The first-order chi connectivity index (χ1) is 5.95. The number of benzene rings is 1. The van der Waals surface area contributed by atoms with Crippen LogP contribution < -0.4 is 5.73 Å². The normalized spacial score (nSPS) is 9.92. The monoisotopic (exact) mass is 203 g/mol. The van der Waals surface area contributed by atoms with Gasteiger partial charge in [-0.2, -0.15) is 0 Å². The molecule has 1 aromatic rings. The summed E-state index contributed by atoms with van der Waals surface area (Å²) in [4.78, 5) is 10.5. The van der Waals surface area contributed by atoms with Crippen LogP contribution in [0.4, 0.5) is 5.69 Å². The minimum Gasteiger partial charge on any atom is -0.505 e. The van der Waals surface area contributed by atoms with Crippen molar-refractivity contribution in [3.63, 3.8) is 0 Å². The van der Waals surface area contributed by atoms with E-state index in [1.54, 1.807) is 0 Å². The van der Waals surface area contributed by atoms with E-state index in [2.05, 4.69) is 0 Å². The van der Waals surface area contributed by atoms with E-state index in [9.17, 15) is 4.79 Å². The Labute approximate surface area is 78.0 Å². The van der Waals surface area contributed by atoms with E-state index < -0.39 is 28.1 Å². The molecule has 1 rings (SSSR count). The lowest BCUT2D eigenvalue weighted by atomic mass is 10.1. The van der Waals surface area contributed by atoms with Gasteiger partial charge in [0.2, 0.25) is 0 Å². The van der Waals surface area contributed by atoms with Gasteiger partial charge in [0.15, 0.2) is 11.5 Å². The summed E-state index contributed by atoms with van der Waals surface area (Å²) in [7, 11) is 0. The van der Waals surface area contributed by atoms with Crippen LogP contribution in [0, 0.1) is 0 Å². The van der Waals surface area contributed by atoms with Crippen molar-refractivity contribution in [2.75, 3.05) is 5.73 Å². The van der Waals surface area contributed by atoms with Crippen LogP contribution in [-0.4, -0.2) is 21.3 Å². The summed E-state index contributed by atoms with van der Waals surface area (Å²) in [5.74, 6) is -2.59. The molecular formula is C7H6ClNO4. The van der Waals surface area contributed by atoms with Crippen LogP contribution in [0.15, 0.2) is 6.07 Å². The number of halogens is 1. The summed E-state index contributed by atoms with van der Waals surface area (Å²) in [5, 5.41) is 26.3. The zero-order valence-corrected chi connectivity index (χ0v) is 7.04. The number of hydrogen-bond donors (Lipinski definition) is 4. The minimum atomic E-state index is -1.37. The zero-order valence-electron chi connectivity index (χ0n) is 6.28. The molecule has 5 nitrogen and oxygen atoms in total. The number of carbonyl (C=O) groups is 1. The van der Waals surface area contributed by atoms with E-state index in [0.29, 0.717) is 0 Å². The van der Waals surface area contributed by atoms with Crippen LogP contribution in [0.1, 0.15) is 10.4 Å². The number of aromatic carboxylic acids is 1. The van der Waals surface area contributed by atoms with Gasteiger partial charge in [0.1, 0.15) is 10.6 Å². The average molecular weight is 204 g/mol. The highest BCUT2D eigenvalue weighted by Gasteiger charge is 2.18. The molecule has 0 aromatic heterocycles. The molecular weight excluding hydrogens is 198 g/mol. The molecule has 5 N–H and O–H groups in total. The number of aromatic hydroxyl groups is 2. The van der Waals surface area contributed by atoms with Crippen molar-refractivity contribution in [2.45, 2.75) is 0 Å². The van der Waals surface area contributed by atoms with Gasteiger partial charge in [-0.15, -0.1) is 0 Å². The Hall–Kier alpha value is -1.62. The van der Waals surface area contributed by atoms with Crippen molar-refractivity contribution < 1.29 is 20.1 Å². The summed E-state index contributed by atoms with van der Waals surface area (Å²) >= 11 is 5.39. The largest absolute Gasteiger partial charge is 0.505 e. The fourth-order valence-corrected chi connectivity index (χ4v) is 1.02.